The fourth-order valence-electron chi connectivity index (χ4n) is 3.30. The van der Waals surface area contributed by atoms with E-state index in [4.69, 9.17) is 21.1 Å². The number of benzene rings is 2. The average molecular weight is 428 g/mol. The third kappa shape index (κ3) is 4.94. The first-order valence-electron chi connectivity index (χ1n) is 9.89. The Hall–Kier alpha value is -2.99. The van der Waals surface area contributed by atoms with Crippen molar-refractivity contribution < 1.29 is 14.3 Å². The number of nitrogens with one attached hydrogen (secondary N) is 1. The first-order valence-corrected chi connectivity index (χ1v) is 10.3. The van der Waals surface area contributed by atoms with E-state index < -0.39 is 0 Å². The van der Waals surface area contributed by atoms with Gasteiger partial charge in [-0.2, -0.15) is 5.10 Å². The molecule has 30 heavy (non-hydrogen) atoms. The summed E-state index contributed by atoms with van der Waals surface area (Å²) in [6.45, 7) is 2.59. The van der Waals surface area contributed by atoms with E-state index in [0.29, 0.717) is 35.1 Å². The minimum absolute atomic E-state index is 0.126. The molecular weight excluding hydrogens is 402 g/mol. The van der Waals surface area contributed by atoms with E-state index in [9.17, 15) is 4.79 Å². The smallest absolute Gasteiger partial charge is 0.254 e. The molecule has 0 aliphatic carbocycles. The highest BCUT2D eigenvalue weighted by molar-refractivity contribution is 6.30. The van der Waals surface area contributed by atoms with Crippen LogP contribution in [0.1, 0.15) is 35.0 Å². The maximum absolute atomic E-state index is 12.8. The predicted octanol–water partition coefficient (Wildman–Crippen LogP) is 4.47. The molecule has 2 aromatic carbocycles. The molecule has 0 fully saturated rings. The van der Waals surface area contributed by atoms with Crippen molar-refractivity contribution in [1.82, 2.24) is 15.1 Å². The molecule has 158 valence electrons. The van der Waals surface area contributed by atoms with Crippen molar-refractivity contribution in [2.45, 2.75) is 26.2 Å². The number of hydrogen-bond donors (Lipinski definition) is 1. The van der Waals surface area contributed by atoms with Crippen LogP contribution in [0.15, 0.2) is 48.7 Å². The molecule has 0 saturated carbocycles. The zero-order chi connectivity index (χ0) is 21.5. The Balaban J connectivity index is 1.70. The summed E-state index contributed by atoms with van der Waals surface area (Å²) < 4.78 is 12.4. The summed E-state index contributed by atoms with van der Waals surface area (Å²) in [6.07, 6.45) is 3.97. The first-order chi connectivity index (χ1) is 14.6. The summed E-state index contributed by atoms with van der Waals surface area (Å²) in [5.74, 6) is 1.24. The van der Waals surface area contributed by atoms with Gasteiger partial charge in [-0.1, -0.05) is 31.0 Å². The van der Waals surface area contributed by atoms with Gasteiger partial charge in [0.2, 0.25) is 0 Å². The van der Waals surface area contributed by atoms with Crippen LogP contribution in [0.4, 0.5) is 0 Å². The zero-order valence-corrected chi connectivity index (χ0v) is 18.2. The largest absolute Gasteiger partial charge is 0.493 e. The van der Waals surface area contributed by atoms with Crippen LogP contribution in [0.5, 0.6) is 11.5 Å². The summed E-state index contributed by atoms with van der Waals surface area (Å²) in [5.41, 5.74) is 3.42. The molecule has 0 saturated heterocycles. The molecule has 1 amide bonds. The lowest BCUT2D eigenvalue weighted by Crippen LogP contribution is -2.26. The number of halogens is 1. The summed E-state index contributed by atoms with van der Waals surface area (Å²) in [7, 11) is 3.22. The molecule has 0 aliphatic rings. The number of amides is 1. The number of hydrogen-bond acceptors (Lipinski definition) is 4. The molecule has 1 aromatic heterocycles. The number of rotatable bonds is 9. The predicted molar refractivity (Wildman–Crippen MR) is 118 cm³/mol. The summed E-state index contributed by atoms with van der Waals surface area (Å²) >= 11 is 5.99. The molecule has 3 rings (SSSR count). The Bertz CT molecular complexity index is 999. The van der Waals surface area contributed by atoms with Crippen molar-refractivity contribution in [2.24, 2.45) is 0 Å². The molecule has 0 atom stereocenters. The minimum Gasteiger partial charge on any atom is -0.493 e. The van der Waals surface area contributed by atoms with Gasteiger partial charge in [0.05, 0.1) is 37.4 Å². The number of methoxy groups -OCH3 is 2. The van der Waals surface area contributed by atoms with Gasteiger partial charge in [-0.15, -0.1) is 0 Å². The highest BCUT2D eigenvalue weighted by Gasteiger charge is 2.17. The van der Waals surface area contributed by atoms with Crippen LogP contribution in [0, 0.1) is 0 Å². The molecule has 6 nitrogen and oxygen atoms in total. The molecule has 0 unspecified atom stereocenters. The molecule has 3 aromatic rings. The van der Waals surface area contributed by atoms with Gasteiger partial charge in [-0.05, 0) is 54.8 Å². The highest BCUT2D eigenvalue weighted by atomic mass is 35.5. The van der Waals surface area contributed by atoms with Gasteiger partial charge in [0, 0.05) is 11.6 Å². The number of nitrogens with zero attached hydrogens (tertiary/aromatic N) is 2. The van der Waals surface area contributed by atoms with Gasteiger partial charge < -0.3 is 14.8 Å². The Labute approximate surface area is 181 Å². The monoisotopic (exact) mass is 427 g/mol. The van der Waals surface area contributed by atoms with Crippen molar-refractivity contribution in [1.29, 1.82) is 0 Å². The van der Waals surface area contributed by atoms with Crippen molar-refractivity contribution >= 4 is 17.5 Å². The average Bonchev–Trinajstić information content (AvgIpc) is 3.18. The molecule has 0 aliphatic heterocycles. The number of carbonyl (C=O) groups excluding carboxylic acids is 1. The summed E-state index contributed by atoms with van der Waals surface area (Å²) in [6, 6.07) is 13.2. The molecule has 0 bridgehead atoms. The van der Waals surface area contributed by atoms with E-state index in [1.54, 1.807) is 20.4 Å². The molecule has 1 N–H and O–H groups in total. The van der Waals surface area contributed by atoms with Crippen molar-refractivity contribution in [3.05, 3.63) is 70.5 Å². The van der Waals surface area contributed by atoms with E-state index in [1.807, 2.05) is 47.1 Å². The Morgan fingerprint density at radius 1 is 1.07 bits per heavy atom. The Morgan fingerprint density at radius 2 is 1.80 bits per heavy atom. The second kappa shape index (κ2) is 10.2. The van der Waals surface area contributed by atoms with E-state index in [2.05, 4.69) is 17.3 Å². The van der Waals surface area contributed by atoms with Gasteiger partial charge in [-0.3, -0.25) is 4.79 Å². The summed E-state index contributed by atoms with van der Waals surface area (Å²) in [5, 5.41) is 8.11. The number of carbonyl (C=O) groups is 1. The fraction of sp³-hybridized carbons (Fsp3) is 0.304. The zero-order valence-electron chi connectivity index (χ0n) is 17.4. The van der Waals surface area contributed by atoms with Gasteiger partial charge >= 0.3 is 0 Å². The second-order valence-electron chi connectivity index (χ2n) is 6.84. The quantitative estimate of drug-likeness (QED) is 0.547. The SMILES string of the molecule is CCCc1c(C(=O)NCCc2ccc(OC)c(OC)c2)cnn1-c1ccc(Cl)cc1. The van der Waals surface area contributed by atoms with Crippen LogP contribution in [0.3, 0.4) is 0 Å². The standard InChI is InChI=1S/C23H26ClN3O3/c1-4-5-20-19(15-26-27(20)18-9-7-17(24)8-10-18)23(28)25-13-12-16-6-11-21(29-2)22(14-16)30-3/h6-11,14-15H,4-5,12-13H2,1-3H3,(H,25,28). The van der Waals surface area contributed by atoms with Crippen LogP contribution < -0.4 is 14.8 Å². The van der Waals surface area contributed by atoms with Gasteiger partial charge in [0.15, 0.2) is 11.5 Å². The Morgan fingerprint density at radius 3 is 2.47 bits per heavy atom. The third-order valence-electron chi connectivity index (χ3n) is 4.82. The first kappa shape index (κ1) is 21.7. The lowest BCUT2D eigenvalue weighted by atomic mass is 10.1. The van der Waals surface area contributed by atoms with E-state index >= 15 is 0 Å². The lowest BCUT2D eigenvalue weighted by Gasteiger charge is -2.11. The van der Waals surface area contributed by atoms with Crippen LogP contribution in [0.2, 0.25) is 5.02 Å². The van der Waals surface area contributed by atoms with Crippen LogP contribution in [-0.4, -0.2) is 36.5 Å². The Kier molecular flexibility index (Phi) is 7.36. The maximum Gasteiger partial charge on any atom is 0.254 e. The molecule has 7 heteroatoms. The van der Waals surface area contributed by atoms with Crippen LogP contribution in [-0.2, 0) is 12.8 Å². The molecular formula is C23H26ClN3O3. The van der Waals surface area contributed by atoms with Gasteiger partial charge in [0.25, 0.3) is 5.91 Å². The molecule has 0 radical (unpaired) electrons. The number of ether oxygens (including phenoxy) is 2. The van der Waals surface area contributed by atoms with Gasteiger partial charge in [-0.25, -0.2) is 4.68 Å². The maximum atomic E-state index is 12.8. The third-order valence-corrected chi connectivity index (χ3v) is 5.07. The van der Waals surface area contributed by atoms with Crippen LogP contribution in [0.25, 0.3) is 5.69 Å². The van der Waals surface area contributed by atoms with Gasteiger partial charge in [0.1, 0.15) is 0 Å². The van der Waals surface area contributed by atoms with E-state index in [-0.39, 0.29) is 5.91 Å². The lowest BCUT2D eigenvalue weighted by molar-refractivity contribution is 0.0953. The minimum atomic E-state index is -0.126. The second-order valence-corrected chi connectivity index (χ2v) is 7.27. The van der Waals surface area contributed by atoms with E-state index in [1.165, 1.54) is 0 Å². The van der Waals surface area contributed by atoms with E-state index in [0.717, 1.165) is 29.8 Å². The van der Waals surface area contributed by atoms with Crippen molar-refractivity contribution in [2.75, 3.05) is 20.8 Å². The molecule has 1 heterocycles. The van der Waals surface area contributed by atoms with Crippen molar-refractivity contribution in [3.8, 4) is 17.2 Å². The number of aromatic nitrogens is 2. The van der Waals surface area contributed by atoms with Crippen LogP contribution >= 0.6 is 11.6 Å². The highest BCUT2D eigenvalue weighted by Crippen LogP contribution is 2.27. The normalized spacial score (nSPS) is 10.7. The fourth-order valence-corrected chi connectivity index (χ4v) is 3.42. The topological polar surface area (TPSA) is 65.4 Å². The molecule has 0 spiro atoms. The van der Waals surface area contributed by atoms with Crippen molar-refractivity contribution in [3.63, 3.8) is 0 Å². The summed E-state index contributed by atoms with van der Waals surface area (Å²) in [4.78, 5) is 12.8.